The van der Waals surface area contributed by atoms with Crippen molar-refractivity contribution in [3.8, 4) is 0 Å². The summed E-state index contributed by atoms with van der Waals surface area (Å²) < 4.78 is 38.7. The first-order chi connectivity index (χ1) is 13.3. The summed E-state index contributed by atoms with van der Waals surface area (Å²) >= 11 is 0. The maximum atomic E-state index is 12.9. The number of nitrogens with zero attached hydrogens (tertiary/aromatic N) is 1. The largest absolute Gasteiger partial charge is 0.396 e. The second-order valence-electron chi connectivity index (χ2n) is 7.34. The maximum Gasteiger partial charge on any atom is 0.392 e. The summed E-state index contributed by atoms with van der Waals surface area (Å²) in [5.41, 5.74) is 2.77. The molecule has 0 saturated carbocycles. The Morgan fingerprint density at radius 2 is 2.18 bits per heavy atom. The van der Waals surface area contributed by atoms with E-state index in [0.717, 1.165) is 16.5 Å². The molecule has 2 aromatic rings. The SMILES string of the molecule is CC(CO)CNC(=O)c1cnc2c(C3=CC[C@@H](C(F)(F)F)CC3)cccc2c1. The molecule has 4 nitrogen and oxygen atoms in total. The molecule has 1 heterocycles. The number of para-hydroxylation sites is 1. The van der Waals surface area contributed by atoms with Gasteiger partial charge in [0, 0.05) is 30.3 Å². The molecule has 0 spiro atoms. The second-order valence-corrected chi connectivity index (χ2v) is 7.34. The number of hydrogen-bond acceptors (Lipinski definition) is 3. The molecule has 7 heteroatoms. The average molecular weight is 392 g/mol. The number of aromatic nitrogens is 1. The number of allylic oxidation sites excluding steroid dienone is 2. The Kier molecular flexibility index (Phi) is 6.03. The van der Waals surface area contributed by atoms with Crippen LogP contribution in [0.5, 0.6) is 0 Å². The van der Waals surface area contributed by atoms with Crippen LogP contribution in [-0.4, -0.2) is 35.3 Å². The van der Waals surface area contributed by atoms with Crippen LogP contribution in [0.15, 0.2) is 36.5 Å². The predicted molar refractivity (Wildman–Crippen MR) is 102 cm³/mol. The third-order valence-corrected chi connectivity index (χ3v) is 5.12. The first-order valence-electron chi connectivity index (χ1n) is 9.33. The Morgan fingerprint density at radius 1 is 1.39 bits per heavy atom. The molecule has 1 aromatic carbocycles. The highest BCUT2D eigenvalue weighted by Gasteiger charge is 2.39. The molecule has 2 N–H and O–H groups in total. The van der Waals surface area contributed by atoms with Gasteiger partial charge in [0.1, 0.15) is 0 Å². The summed E-state index contributed by atoms with van der Waals surface area (Å²) in [6.07, 6.45) is -0.600. The van der Waals surface area contributed by atoms with Crippen molar-refractivity contribution in [3.05, 3.63) is 47.7 Å². The third-order valence-electron chi connectivity index (χ3n) is 5.12. The van der Waals surface area contributed by atoms with Crippen molar-refractivity contribution in [3.63, 3.8) is 0 Å². The van der Waals surface area contributed by atoms with Crippen LogP contribution in [0.1, 0.15) is 42.1 Å². The summed E-state index contributed by atoms with van der Waals surface area (Å²) in [5, 5.41) is 12.6. The number of benzene rings is 1. The van der Waals surface area contributed by atoms with Crippen LogP contribution in [0, 0.1) is 11.8 Å². The van der Waals surface area contributed by atoms with Crippen molar-refractivity contribution < 1.29 is 23.1 Å². The monoisotopic (exact) mass is 392 g/mol. The molecule has 0 saturated heterocycles. The number of aliphatic hydroxyl groups excluding tert-OH is 1. The van der Waals surface area contributed by atoms with Crippen LogP contribution >= 0.6 is 0 Å². The highest BCUT2D eigenvalue weighted by molar-refractivity contribution is 5.99. The lowest BCUT2D eigenvalue weighted by molar-refractivity contribution is -0.175. The van der Waals surface area contributed by atoms with Crippen molar-refractivity contribution in [2.45, 2.75) is 32.4 Å². The van der Waals surface area contributed by atoms with E-state index < -0.39 is 12.1 Å². The molecule has 150 valence electrons. The van der Waals surface area contributed by atoms with E-state index >= 15 is 0 Å². The number of carbonyl (C=O) groups is 1. The van der Waals surface area contributed by atoms with Crippen molar-refractivity contribution in [2.24, 2.45) is 11.8 Å². The number of alkyl halides is 3. The molecule has 2 atom stereocenters. The molecule has 1 amide bonds. The number of aliphatic hydroxyl groups is 1. The maximum absolute atomic E-state index is 12.9. The van der Waals surface area contributed by atoms with Gasteiger partial charge in [0.25, 0.3) is 5.91 Å². The van der Waals surface area contributed by atoms with Crippen LogP contribution in [0.4, 0.5) is 13.2 Å². The van der Waals surface area contributed by atoms with E-state index in [0.29, 0.717) is 24.0 Å². The summed E-state index contributed by atoms with van der Waals surface area (Å²) in [7, 11) is 0. The molecule has 1 aromatic heterocycles. The first kappa shape index (κ1) is 20.3. The first-order valence-corrected chi connectivity index (χ1v) is 9.33. The number of hydrogen-bond donors (Lipinski definition) is 2. The Bertz CT molecular complexity index is 893. The second kappa shape index (κ2) is 8.31. The van der Waals surface area contributed by atoms with Crippen LogP contribution in [0.25, 0.3) is 16.5 Å². The zero-order valence-corrected chi connectivity index (χ0v) is 15.6. The fraction of sp³-hybridized carbons (Fsp3) is 0.429. The fourth-order valence-corrected chi connectivity index (χ4v) is 3.35. The van der Waals surface area contributed by atoms with Crippen molar-refractivity contribution in [2.75, 3.05) is 13.2 Å². The minimum Gasteiger partial charge on any atom is -0.396 e. The smallest absolute Gasteiger partial charge is 0.392 e. The summed E-state index contributed by atoms with van der Waals surface area (Å²) in [6, 6.07) is 7.25. The lowest BCUT2D eigenvalue weighted by Crippen LogP contribution is -2.29. The van der Waals surface area contributed by atoms with Crippen molar-refractivity contribution in [1.29, 1.82) is 0 Å². The minimum absolute atomic E-state index is 0.0100. The highest BCUT2D eigenvalue weighted by atomic mass is 19.4. The lowest BCUT2D eigenvalue weighted by atomic mass is 9.85. The fourth-order valence-electron chi connectivity index (χ4n) is 3.35. The number of fused-ring (bicyclic) bond motifs is 1. The summed E-state index contributed by atoms with van der Waals surface area (Å²) in [6.45, 7) is 2.18. The van der Waals surface area contributed by atoms with Gasteiger partial charge in [-0.05, 0) is 36.8 Å². The molecule has 1 aliphatic carbocycles. The molecular weight excluding hydrogens is 369 g/mol. The standard InChI is InChI=1S/C21H23F3N2O2/c1-13(12-27)10-26-20(28)16-9-15-3-2-4-18(19(15)25-11-16)14-5-7-17(8-6-14)21(22,23)24/h2-5,9,11,13,17,27H,6-8,10,12H2,1H3,(H,26,28)/t13?,17-/m1/s1. The molecule has 1 aliphatic rings. The van der Waals surface area contributed by atoms with E-state index in [1.165, 1.54) is 6.20 Å². The molecule has 0 fully saturated rings. The zero-order chi connectivity index (χ0) is 20.3. The number of amides is 1. The van der Waals surface area contributed by atoms with Gasteiger partial charge in [-0.25, -0.2) is 0 Å². The number of pyridine rings is 1. The van der Waals surface area contributed by atoms with Gasteiger partial charge in [-0.2, -0.15) is 13.2 Å². The van der Waals surface area contributed by atoms with Gasteiger partial charge in [-0.3, -0.25) is 9.78 Å². The normalized spacial score (nSPS) is 18.6. The van der Waals surface area contributed by atoms with Crippen LogP contribution in [0.3, 0.4) is 0 Å². The van der Waals surface area contributed by atoms with E-state index in [-0.39, 0.29) is 31.3 Å². The summed E-state index contributed by atoms with van der Waals surface area (Å²) in [5.74, 6) is -1.59. The van der Waals surface area contributed by atoms with Crippen LogP contribution in [-0.2, 0) is 0 Å². The zero-order valence-electron chi connectivity index (χ0n) is 15.6. The van der Waals surface area contributed by atoms with Gasteiger partial charge in [-0.15, -0.1) is 0 Å². The Balaban J connectivity index is 1.83. The van der Waals surface area contributed by atoms with E-state index in [9.17, 15) is 18.0 Å². The summed E-state index contributed by atoms with van der Waals surface area (Å²) in [4.78, 5) is 16.7. The predicted octanol–water partition coefficient (Wildman–Crippen LogP) is 4.34. The van der Waals surface area contributed by atoms with Gasteiger partial charge in [0.05, 0.1) is 17.0 Å². The van der Waals surface area contributed by atoms with E-state index in [2.05, 4.69) is 10.3 Å². The third kappa shape index (κ3) is 4.52. The highest BCUT2D eigenvalue weighted by Crippen LogP contribution is 2.40. The molecule has 0 radical (unpaired) electrons. The van der Waals surface area contributed by atoms with Crippen molar-refractivity contribution in [1.82, 2.24) is 10.3 Å². The topological polar surface area (TPSA) is 62.2 Å². The number of carbonyl (C=O) groups excluding carboxylic acids is 1. The van der Waals surface area contributed by atoms with E-state index in [4.69, 9.17) is 5.11 Å². The van der Waals surface area contributed by atoms with Gasteiger partial charge < -0.3 is 10.4 Å². The molecular formula is C21H23F3N2O2. The molecule has 0 aliphatic heterocycles. The Morgan fingerprint density at radius 3 is 2.82 bits per heavy atom. The quantitative estimate of drug-likeness (QED) is 0.796. The molecule has 3 rings (SSSR count). The minimum atomic E-state index is -4.16. The average Bonchev–Trinajstić information content (AvgIpc) is 2.70. The number of nitrogens with one attached hydrogen (secondary N) is 1. The lowest BCUT2D eigenvalue weighted by Gasteiger charge is -2.24. The van der Waals surface area contributed by atoms with Gasteiger partial charge in [0.15, 0.2) is 0 Å². The van der Waals surface area contributed by atoms with Crippen molar-refractivity contribution >= 4 is 22.4 Å². The Labute approximate surface area is 161 Å². The van der Waals surface area contributed by atoms with Crippen LogP contribution < -0.4 is 5.32 Å². The van der Waals surface area contributed by atoms with Gasteiger partial charge >= 0.3 is 6.18 Å². The molecule has 28 heavy (non-hydrogen) atoms. The number of halogens is 3. The molecule has 0 bridgehead atoms. The Hall–Kier alpha value is -2.41. The van der Waals surface area contributed by atoms with Crippen LogP contribution in [0.2, 0.25) is 0 Å². The van der Waals surface area contributed by atoms with Gasteiger partial charge in [0.2, 0.25) is 0 Å². The molecule has 1 unspecified atom stereocenters. The number of rotatable bonds is 5. The van der Waals surface area contributed by atoms with Gasteiger partial charge in [-0.1, -0.05) is 31.2 Å². The van der Waals surface area contributed by atoms with E-state index in [1.54, 1.807) is 12.1 Å². The van der Waals surface area contributed by atoms with E-state index in [1.807, 2.05) is 25.1 Å².